The highest BCUT2D eigenvalue weighted by Crippen LogP contribution is 2.40. The minimum Gasteiger partial charge on any atom is -0.405 e. The maximum absolute atomic E-state index is 12.7. The van der Waals surface area contributed by atoms with E-state index in [0.29, 0.717) is 10.9 Å². The molecule has 3 rings (SSSR count). The fourth-order valence-electron chi connectivity index (χ4n) is 2.70. The number of hydrogen-bond donors (Lipinski definition) is 0. The molecule has 22 heavy (non-hydrogen) atoms. The molecule has 0 bridgehead atoms. The first-order valence-corrected chi connectivity index (χ1v) is 7.55. The van der Waals surface area contributed by atoms with E-state index in [1.807, 2.05) is 56.3 Å². The van der Waals surface area contributed by atoms with Gasteiger partial charge in [0.25, 0.3) is 0 Å². The summed E-state index contributed by atoms with van der Waals surface area (Å²) in [5.41, 5.74) is 0.502. The summed E-state index contributed by atoms with van der Waals surface area (Å²) in [5.74, 6) is -0.0532. The van der Waals surface area contributed by atoms with Crippen molar-refractivity contribution >= 4 is 23.5 Å². The van der Waals surface area contributed by atoms with Crippen LogP contribution in [-0.4, -0.2) is 11.9 Å². The third-order valence-corrected chi connectivity index (χ3v) is 4.13. The Morgan fingerprint density at radius 2 is 1.82 bits per heavy atom. The number of aliphatic imine (C=N–C) groups is 1. The molecule has 0 aliphatic carbocycles. The summed E-state index contributed by atoms with van der Waals surface area (Å²) in [6.07, 6.45) is 0. The van der Waals surface area contributed by atoms with E-state index in [0.717, 1.165) is 11.1 Å². The summed E-state index contributed by atoms with van der Waals surface area (Å²) in [7, 11) is 0. The zero-order chi connectivity index (χ0) is 15.7. The van der Waals surface area contributed by atoms with Crippen LogP contribution in [0.4, 0.5) is 0 Å². The molecule has 0 radical (unpaired) electrons. The number of carbonyl (C=O) groups excluding carboxylic acids is 1. The lowest BCUT2D eigenvalue weighted by atomic mass is 9.81. The molecule has 112 valence electrons. The Hall–Kier alpha value is -2.13. The van der Waals surface area contributed by atoms with E-state index in [9.17, 15) is 4.79 Å². The molecule has 4 heteroatoms. The van der Waals surface area contributed by atoms with E-state index in [-0.39, 0.29) is 11.9 Å². The van der Waals surface area contributed by atoms with Gasteiger partial charge in [0.1, 0.15) is 0 Å². The van der Waals surface area contributed by atoms with Crippen LogP contribution >= 0.6 is 11.6 Å². The molecule has 3 nitrogen and oxygen atoms in total. The summed E-state index contributed by atoms with van der Waals surface area (Å²) in [5, 5.41) is 0.577. The molecular formula is C18H16ClNO2. The third-order valence-electron chi connectivity index (χ3n) is 3.90. The van der Waals surface area contributed by atoms with Crippen molar-refractivity contribution in [1.82, 2.24) is 0 Å². The molecule has 1 atom stereocenters. The van der Waals surface area contributed by atoms with Crippen molar-refractivity contribution < 1.29 is 9.53 Å². The second kappa shape index (κ2) is 5.58. The van der Waals surface area contributed by atoms with E-state index < -0.39 is 5.54 Å². The highest BCUT2D eigenvalue weighted by atomic mass is 35.5. The molecule has 0 saturated carbocycles. The highest BCUT2D eigenvalue weighted by Gasteiger charge is 2.50. The number of carbonyl (C=O) groups is 1. The van der Waals surface area contributed by atoms with Gasteiger partial charge in [0.05, 0.1) is 0 Å². The molecule has 0 spiro atoms. The van der Waals surface area contributed by atoms with E-state index in [1.165, 1.54) is 0 Å². The largest absolute Gasteiger partial charge is 0.405 e. The highest BCUT2D eigenvalue weighted by molar-refractivity contribution is 6.30. The third kappa shape index (κ3) is 2.32. The lowest BCUT2D eigenvalue weighted by Crippen LogP contribution is -2.36. The minimum absolute atomic E-state index is 0.0559. The Morgan fingerprint density at radius 3 is 2.45 bits per heavy atom. The molecule has 0 aromatic heterocycles. The van der Waals surface area contributed by atoms with Crippen LogP contribution < -0.4 is 0 Å². The topological polar surface area (TPSA) is 38.7 Å². The Labute approximate surface area is 134 Å². The molecular weight excluding hydrogens is 298 g/mol. The number of esters is 1. The quantitative estimate of drug-likeness (QED) is 0.797. The second-order valence-electron chi connectivity index (χ2n) is 5.60. The first-order chi connectivity index (χ1) is 10.5. The predicted octanol–water partition coefficient (Wildman–Crippen LogP) is 4.19. The van der Waals surface area contributed by atoms with Crippen molar-refractivity contribution in [3.63, 3.8) is 0 Å². The van der Waals surface area contributed by atoms with Gasteiger partial charge in [-0.25, -0.2) is 9.79 Å². The van der Waals surface area contributed by atoms with Gasteiger partial charge in [-0.15, -0.1) is 0 Å². The van der Waals surface area contributed by atoms with Crippen molar-refractivity contribution in [1.29, 1.82) is 0 Å². The van der Waals surface area contributed by atoms with Crippen molar-refractivity contribution in [3.8, 4) is 0 Å². The van der Waals surface area contributed by atoms with E-state index in [4.69, 9.17) is 16.3 Å². The van der Waals surface area contributed by atoms with Gasteiger partial charge in [0.2, 0.25) is 5.90 Å². The van der Waals surface area contributed by atoms with E-state index in [1.54, 1.807) is 12.1 Å². The molecule has 1 aliphatic heterocycles. The molecule has 0 fully saturated rings. The van der Waals surface area contributed by atoms with Gasteiger partial charge in [-0.3, -0.25) is 0 Å². The van der Waals surface area contributed by atoms with Crippen LogP contribution in [-0.2, 0) is 15.1 Å². The molecule has 2 aromatic carbocycles. The number of benzene rings is 2. The van der Waals surface area contributed by atoms with Gasteiger partial charge in [0.15, 0.2) is 5.54 Å². The van der Waals surface area contributed by atoms with E-state index >= 15 is 0 Å². The molecule has 1 heterocycles. The molecule has 0 saturated heterocycles. The van der Waals surface area contributed by atoms with Gasteiger partial charge in [-0.1, -0.05) is 55.8 Å². The fourth-order valence-corrected chi connectivity index (χ4v) is 2.89. The second-order valence-corrected chi connectivity index (χ2v) is 6.04. The van der Waals surface area contributed by atoms with Crippen LogP contribution in [0.25, 0.3) is 0 Å². The SMILES string of the molecule is CC(C)[C@]1(c2cccc(Cl)c2)N=C(c2ccccc2)OC1=O. The van der Waals surface area contributed by atoms with Crippen LogP contribution in [0.5, 0.6) is 0 Å². The van der Waals surface area contributed by atoms with Crippen LogP contribution in [0.1, 0.15) is 25.0 Å². The van der Waals surface area contributed by atoms with E-state index in [2.05, 4.69) is 4.99 Å². The van der Waals surface area contributed by atoms with Gasteiger partial charge < -0.3 is 4.74 Å². The normalized spacial score (nSPS) is 20.9. The lowest BCUT2D eigenvalue weighted by Gasteiger charge is -2.26. The Morgan fingerprint density at radius 1 is 1.09 bits per heavy atom. The molecule has 0 amide bonds. The van der Waals surface area contributed by atoms with Gasteiger partial charge >= 0.3 is 5.97 Å². The van der Waals surface area contributed by atoms with Gasteiger partial charge in [-0.05, 0) is 35.7 Å². The Kier molecular flexibility index (Phi) is 3.75. The summed E-state index contributed by atoms with van der Waals surface area (Å²) >= 11 is 6.09. The number of halogens is 1. The van der Waals surface area contributed by atoms with Crippen LogP contribution in [0.15, 0.2) is 59.6 Å². The standard InChI is InChI=1S/C18H16ClNO2/c1-12(2)18(14-9-6-10-15(19)11-14)17(21)22-16(20-18)13-7-4-3-5-8-13/h3-12H,1-2H3/t18-/m1/s1. The Bertz CT molecular complexity index is 740. The molecule has 1 aliphatic rings. The van der Waals surface area contributed by atoms with Crippen LogP contribution in [0, 0.1) is 5.92 Å². The van der Waals surface area contributed by atoms with Crippen molar-refractivity contribution in [2.24, 2.45) is 10.9 Å². The summed E-state index contributed by atoms with van der Waals surface area (Å²) in [6.45, 7) is 3.92. The van der Waals surface area contributed by atoms with Gasteiger partial charge in [-0.2, -0.15) is 0 Å². The predicted molar refractivity (Wildman–Crippen MR) is 87.0 cm³/mol. The maximum Gasteiger partial charge on any atom is 0.345 e. The minimum atomic E-state index is -1.05. The average molecular weight is 314 g/mol. The van der Waals surface area contributed by atoms with Crippen molar-refractivity contribution in [3.05, 3.63) is 70.7 Å². The molecule has 0 N–H and O–H groups in total. The number of rotatable bonds is 3. The molecule has 2 aromatic rings. The molecule has 0 unspecified atom stereocenters. The van der Waals surface area contributed by atoms with Crippen LogP contribution in [0.3, 0.4) is 0 Å². The number of nitrogens with zero attached hydrogens (tertiary/aromatic N) is 1. The lowest BCUT2D eigenvalue weighted by molar-refractivity contribution is -0.141. The maximum atomic E-state index is 12.7. The summed E-state index contributed by atoms with van der Waals surface area (Å²) < 4.78 is 5.49. The smallest absolute Gasteiger partial charge is 0.345 e. The van der Waals surface area contributed by atoms with Crippen LogP contribution in [0.2, 0.25) is 5.02 Å². The van der Waals surface area contributed by atoms with Gasteiger partial charge in [0, 0.05) is 10.6 Å². The number of cyclic esters (lactones) is 1. The Balaban J connectivity index is 2.15. The van der Waals surface area contributed by atoms with Crippen molar-refractivity contribution in [2.75, 3.05) is 0 Å². The number of hydrogen-bond acceptors (Lipinski definition) is 3. The average Bonchev–Trinajstić information content (AvgIpc) is 2.87. The zero-order valence-electron chi connectivity index (χ0n) is 12.4. The summed E-state index contributed by atoms with van der Waals surface area (Å²) in [6, 6.07) is 16.7. The first-order valence-electron chi connectivity index (χ1n) is 7.17. The van der Waals surface area contributed by atoms with Crippen molar-refractivity contribution in [2.45, 2.75) is 19.4 Å². The number of ether oxygens (including phenoxy) is 1. The monoisotopic (exact) mass is 313 g/mol. The first kappa shape index (κ1) is 14.8. The zero-order valence-corrected chi connectivity index (χ0v) is 13.2. The summed E-state index contributed by atoms with van der Waals surface area (Å²) in [4.78, 5) is 17.3. The fraction of sp³-hybridized carbons (Fsp3) is 0.222.